The van der Waals surface area contributed by atoms with Gasteiger partial charge in [-0.2, -0.15) is 0 Å². The molecule has 0 aliphatic heterocycles. The molecular weight excluding hydrogens is 286 g/mol. The highest BCUT2D eigenvalue weighted by Gasteiger charge is 2.58. The van der Waals surface area contributed by atoms with Crippen LogP contribution in [0.4, 0.5) is 4.79 Å². The van der Waals surface area contributed by atoms with E-state index in [1.165, 1.54) is 0 Å². The van der Waals surface area contributed by atoms with E-state index in [1.54, 1.807) is 27.7 Å². The molecule has 1 aliphatic rings. The Bertz CT molecular complexity index is 425. The second kappa shape index (κ2) is 6.44. The third-order valence-corrected chi connectivity index (χ3v) is 4.57. The number of hydrogen-bond acceptors (Lipinski definition) is 5. The summed E-state index contributed by atoms with van der Waals surface area (Å²) >= 11 is 0. The molecule has 1 amide bonds. The lowest BCUT2D eigenvalue weighted by atomic mass is 9.74. The average molecular weight is 315 g/mol. The Morgan fingerprint density at radius 3 is 2.23 bits per heavy atom. The van der Waals surface area contributed by atoms with Gasteiger partial charge in [-0.15, -0.1) is 0 Å². The van der Waals surface area contributed by atoms with E-state index in [9.17, 15) is 9.59 Å². The van der Waals surface area contributed by atoms with Crippen molar-refractivity contribution in [2.75, 3.05) is 13.2 Å². The maximum atomic E-state index is 12.2. The Kier molecular flexibility index (Phi) is 5.49. The van der Waals surface area contributed by atoms with Crippen molar-refractivity contribution >= 4 is 12.1 Å². The summed E-state index contributed by atoms with van der Waals surface area (Å²) in [6.45, 7) is 10.8. The molecule has 0 saturated heterocycles. The summed E-state index contributed by atoms with van der Waals surface area (Å²) in [5, 5.41) is 11.7. The van der Waals surface area contributed by atoms with E-state index in [2.05, 4.69) is 5.32 Å². The molecule has 22 heavy (non-hydrogen) atoms. The smallest absolute Gasteiger partial charge is 0.408 e. The molecule has 0 aromatic carbocycles. The predicted octanol–water partition coefficient (Wildman–Crippen LogP) is 2.24. The standard InChI is InChI=1S/C16H29NO5/c1-11(12(19)21-10-9-18)16(6,15(5)7-8-15)17-13(20)22-14(2,3)4/h11,18H,7-10H2,1-6H3,(H,17,20)/t11-,16?/m0/s1. The molecular formula is C16H29NO5. The van der Waals surface area contributed by atoms with Crippen LogP contribution >= 0.6 is 0 Å². The van der Waals surface area contributed by atoms with Gasteiger partial charge in [0.15, 0.2) is 0 Å². The summed E-state index contributed by atoms with van der Waals surface area (Å²) in [6, 6.07) is 0. The minimum Gasteiger partial charge on any atom is -0.463 e. The summed E-state index contributed by atoms with van der Waals surface area (Å²) in [5.74, 6) is -0.972. The molecule has 128 valence electrons. The van der Waals surface area contributed by atoms with Crippen LogP contribution in [0.5, 0.6) is 0 Å². The maximum Gasteiger partial charge on any atom is 0.408 e. The highest BCUT2D eigenvalue weighted by Crippen LogP contribution is 2.56. The number of aliphatic hydroxyl groups excluding tert-OH is 1. The third-order valence-electron chi connectivity index (χ3n) is 4.57. The van der Waals surface area contributed by atoms with Crippen molar-refractivity contribution in [1.82, 2.24) is 5.32 Å². The van der Waals surface area contributed by atoms with Crippen LogP contribution in [0.3, 0.4) is 0 Å². The molecule has 1 rings (SSSR count). The molecule has 0 spiro atoms. The van der Waals surface area contributed by atoms with Crippen molar-refractivity contribution in [1.29, 1.82) is 0 Å². The van der Waals surface area contributed by atoms with Crippen molar-refractivity contribution in [2.24, 2.45) is 11.3 Å². The molecule has 6 heteroatoms. The summed E-state index contributed by atoms with van der Waals surface area (Å²) in [5.41, 5.74) is -1.53. The Morgan fingerprint density at radius 2 is 1.82 bits per heavy atom. The van der Waals surface area contributed by atoms with Crippen LogP contribution in [0.25, 0.3) is 0 Å². The van der Waals surface area contributed by atoms with Gasteiger partial charge < -0.3 is 19.9 Å². The molecule has 2 N–H and O–H groups in total. The summed E-state index contributed by atoms with van der Waals surface area (Å²) < 4.78 is 10.3. The Morgan fingerprint density at radius 1 is 1.27 bits per heavy atom. The van der Waals surface area contributed by atoms with E-state index in [1.807, 2.05) is 13.8 Å². The van der Waals surface area contributed by atoms with Crippen molar-refractivity contribution in [3.63, 3.8) is 0 Å². The van der Waals surface area contributed by atoms with E-state index >= 15 is 0 Å². The molecule has 0 aromatic heterocycles. The zero-order valence-corrected chi connectivity index (χ0v) is 14.5. The van der Waals surface area contributed by atoms with Crippen LogP contribution in [-0.2, 0) is 14.3 Å². The number of nitrogens with one attached hydrogen (secondary N) is 1. The van der Waals surface area contributed by atoms with Gasteiger partial charge in [0.1, 0.15) is 12.2 Å². The van der Waals surface area contributed by atoms with Crippen LogP contribution < -0.4 is 5.32 Å². The van der Waals surface area contributed by atoms with Gasteiger partial charge in [0, 0.05) is 0 Å². The van der Waals surface area contributed by atoms with Crippen molar-refractivity contribution in [2.45, 2.75) is 65.5 Å². The average Bonchev–Trinajstić information content (AvgIpc) is 3.12. The molecule has 1 saturated carbocycles. The minimum absolute atomic E-state index is 0.0393. The molecule has 0 bridgehead atoms. The number of rotatable bonds is 6. The van der Waals surface area contributed by atoms with Crippen LogP contribution in [0.15, 0.2) is 0 Å². The number of esters is 1. The summed E-state index contributed by atoms with van der Waals surface area (Å²) in [7, 11) is 0. The molecule has 1 fully saturated rings. The van der Waals surface area contributed by atoms with Crippen molar-refractivity contribution in [3.8, 4) is 0 Å². The molecule has 0 aromatic rings. The Hall–Kier alpha value is -1.30. The molecule has 0 radical (unpaired) electrons. The maximum absolute atomic E-state index is 12.2. The van der Waals surface area contributed by atoms with Gasteiger partial charge in [-0.3, -0.25) is 4.79 Å². The highest BCUT2D eigenvalue weighted by atomic mass is 16.6. The second-order valence-corrected chi connectivity index (χ2v) is 7.50. The van der Waals surface area contributed by atoms with Gasteiger partial charge >= 0.3 is 12.1 Å². The first-order valence-electron chi connectivity index (χ1n) is 7.74. The monoisotopic (exact) mass is 315 g/mol. The normalized spacial score (nSPS) is 20.5. The summed E-state index contributed by atoms with van der Waals surface area (Å²) in [4.78, 5) is 24.3. The number of aliphatic hydroxyl groups is 1. The van der Waals surface area contributed by atoms with Gasteiger partial charge in [-0.05, 0) is 52.9 Å². The minimum atomic E-state index is -0.762. The fourth-order valence-electron chi connectivity index (χ4n) is 2.51. The zero-order valence-electron chi connectivity index (χ0n) is 14.5. The van der Waals surface area contributed by atoms with E-state index in [0.717, 1.165) is 12.8 Å². The predicted molar refractivity (Wildman–Crippen MR) is 82.3 cm³/mol. The second-order valence-electron chi connectivity index (χ2n) is 7.50. The largest absolute Gasteiger partial charge is 0.463 e. The van der Waals surface area contributed by atoms with Crippen molar-refractivity contribution < 1.29 is 24.2 Å². The topological polar surface area (TPSA) is 84.9 Å². The number of hydrogen-bond donors (Lipinski definition) is 2. The molecule has 0 heterocycles. The SMILES string of the molecule is C[C@@H](C(=O)OCCO)C(C)(NC(=O)OC(C)(C)C)C1(C)CC1. The zero-order chi connectivity index (χ0) is 17.2. The third kappa shape index (κ3) is 4.35. The first-order valence-corrected chi connectivity index (χ1v) is 7.74. The number of ether oxygens (including phenoxy) is 2. The van der Waals surface area contributed by atoms with E-state index < -0.39 is 29.1 Å². The fourth-order valence-corrected chi connectivity index (χ4v) is 2.51. The lowest BCUT2D eigenvalue weighted by molar-refractivity contribution is -0.152. The number of carbonyl (C=O) groups is 2. The van der Waals surface area contributed by atoms with E-state index in [-0.39, 0.29) is 18.6 Å². The molecule has 6 nitrogen and oxygen atoms in total. The van der Waals surface area contributed by atoms with E-state index in [4.69, 9.17) is 14.6 Å². The fraction of sp³-hybridized carbons (Fsp3) is 0.875. The number of carbonyl (C=O) groups excluding carboxylic acids is 2. The Balaban J connectivity index is 2.87. The van der Waals surface area contributed by atoms with Gasteiger partial charge in [0.25, 0.3) is 0 Å². The van der Waals surface area contributed by atoms with Gasteiger partial charge in [0.2, 0.25) is 0 Å². The lowest BCUT2D eigenvalue weighted by Gasteiger charge is -2.41. The molecule has 2 atom stereocenters. The quantitative estimate of drug-likeness (QED) is 0.734. The Labute approximate surface area is 132 Å². The summed E-state index contributed by atoms with van der Waals surface area (Å²) in [6.07, 6.45) is 1.32. The number of amides is 1. The highest BCUT2D eigenvalue weighted by molar-refractivity contribution is 5.76. The van der Waals surface area contributed by atoms with Crippen LogP contribution in [0.2, 0.25) is 0 Å². The first kappa shape index (κ1) is 18.7. The van der Waals surface area contributed by atoms with Gasteiger partial charge in [-0.1, -0.05) is 6.92 Å². The molecule has 1 unspecified atom stereocenters. The van der Waals surface area contributed by atoms with Crippen LogP contribution in [-0.4, -0.2) is 41.5 Å². The molecule has 1 aliphatic carbocycles. The lowest BCUT2D eigenvalue weighted by Crippen LogP contribution is -2.59. The van der Waals surface area contributed by atoms with Crippen LogP contribution in [0.1, 0.15) is 54.4 Å². The number of alkyl carbamates (subject to hydrolysis) is 1. The van der Waals surface area contributed by atoms with E-state index in [0.29, 0.717) is 0 Å². The van der Waals surface area contributed by atoms with Gasteiger partial charge in [-0.25, -0.2) is 4.79 Å². The first-order chi connectivity index (χ1) is 9.95. The van der Waals surface area contributed by atoms with Gasteiger partial charge in [0.05, 0.1) is 18.1 Å². The van der Waals surface area contributed by atoms with Crippen molar-refractivity contribution in [3.05, 3.63) is 0 Å². The van der Waals surface area contributed by atoms with Crippen LogP contribution in [0, 0.1) is 11.3 Å².